The van der Waals surface area contributed by atoms with Crippen LogP contribution >= 0.6 is 24.0 Å². The number of nitrogens with zero attached hydrogens (tertiary/aromatic N) is 1. The van der Waals surface area contributed by atoms with Gasteiger partial charge in [0.25, 0.3) is 0 Å². The minimum atomic E-state index is 0. The smallest absolute Gasteiger partial charge is 0.191 e. The molecule has 5 heteroatoms. The molecule has 1 aliphatic carbocycles. The van der Waals surface area contributed by atoms with E-state index in [0.717, 1.165) is 29.7 Å². The van der Waals surface area contributed by atoms with Crippen LogP contribution in [-0.2, 0) is 6.54 Å². The van der Waals surface area contributed by atoms with Gasteiger partial charge in [0.05, 0.1) is 6.61 Å². The molecular weight excluding hydrogens is 377 g/mol. The molecule has 118 valence electrons. The summed E-state index contributed by atoms with van der Waals surface area (Å²) in [6, 6.07) is 6.88. The average molecular weight is 403 g/mol. The third kappa shape index (κ3) is 5.37. The number of halogens is 1. The van der Waals surface area contributed by atoms with Crippen LogP contribution in [0.15, 0.2) is 23.2 Å². The highest BCUT2D eigenvalue weighted by Gasteiger charge is 2.33. The van der Waals surface area contributed by atoms with Gasteiger partial charge in [-0.2, -0.15) is 0 Å². The highest BCUT2D eigenvalue weighted by molar-refractivity contribution is 14.0. The summed E-state index contributed by atoms with van der Waals surface area (Å²) in [6.45, 7) is 7.74. The summed E-state index contributed by atoms with van der Waals surface area (Å²) >= 11 is 0. The van der Waals surface area contributed by atoms with Crippen molar-refractivity contribution in [1.82, 2.24) is 10.6 Å². The van der Waals surface area contributed by atoms with Crippen molar-refractivity contribution < 1.29 is 4.74 Å². The molecule has 0 bridgehead atoms. The van der Waals surface area contributed by atoms with Crippen molar-refractivity contribution in [1.29, 1.82) is 0 Å². The van der Waals surface area contributed by atoms with E-state index in [9.17, 15) is 0 Å². The first kappa shape index (κ1) is 18.1. The minimum Gasteiger partial charge on any atom is -0.494 e. The molecule has 2 unspecified atom stereocenters. The summed E-state index contributed by atoms with van der Waals surface area (Å²) < 4.78 is 5.69. The number of rotatable bonds is 5. The Morgan fingerprint density at radius 1 is 1.43 bits per heavy atom. The lowest BCUT2D eigenvalue weighted by molar-refractivity contribution is 0.336. The Kier molecular flexibility index (Phi) is 7.28. The molecule has 0 heterocycles. The standard InChI is InChI=1S/C16H25N3O.HI/c1-5-20-15-8-11(2)6-7-13(15)10-18-16(17-4)19-14-9-12(14)3;/h6-8,12,14H,5,9-10H2,1-4H3,(H2,17,18,19);1H. The first-order valence-corrected chi connectivity index (χ1v) is 7.33. The van der Waals surface area contributed by atoms with Crippen LogP contribution in [0.5, 0.6) is 5.75 Å². The van der Waals surface area contributed by atoms with E-state index in [4.69, 9.17) is 4.74 Å². The molecule has 2 rings (SSSR count). The monoisotopic (exact) mass is 403 g/mol. The number of ether oxygens (including phenoxy) is 1. The molecule has 1 aromatic carbocycles. The number of benzene rings is 1. The van der Waals surface area contributed by atoms with Crippen LogP contribution in [0.4, 0.5) is 0 Å². The van der Waals surface area contributed by atoms with Crippen LogP contribution in [-0.4, -0.2) is 25.7 Å². The van der Waals surface area contributed by atoms with Crippen molar-refractivity contribution >= 4 is 29.9 Å². The second-order valence-corrected chi connectivity index (χ2v) is 5.43. The van der Waals surface area contributed by atoms with Crippen molar-refractivity contribution in [2.24, 2.45) is 10.9 Å². The molecule has 2 N–H and O–H groups in total. The molecule has 1 fully saturated rings. The van der Waals surface area contributed by atoms with Gasteiger partial charge in [-0.1, -0.05) is 19.1 Å². The number of aliphatic imine (C=N–C) groups is 1. The number of aryl methyl sites for hydroxylation is 1. The lowest BCUT2D eigenvalue weighted by Gasteiger charge is -2.14. The van der Waals surface area contributed by atoms with Gasteiger partial charge in [-0.15, -0.1) is 24.0 Å². The van der Waals surface area contributed by atoms with Gasteiger partial charge >= 0.3 is 0 Å². The molecule has 0 aliphatic heterocycles. The van der Waals surface area contributed by atoms with E-state index in [1.165, 1.54) is 12.0 Å². The van der Waals surface area contributed by atoms with Gasteiger partial charge < -0.3 is 15.4 Å². The Balaban J connectivity index is 0.00000220. The largest absolute Gasteiger partial charge is 0.494 e. The zero-order valence-electron chi connectivity index (χ0n) is 13.3. The van der Waals surface area contributed by atoms with E-state index in [0.29, 0.717) is 12.6 Å². The first-order chi connectivity index (χ1) is 9.63. The summed E-state index contributed by atoms with van der Waals surface area (Å²) in [5.41, 5.74) is 2.37. The summed E-state index contributed by atoms with van der Waals surface area (Å²) in [6.07, 6.45) is 1.23. The van der Waals surface area contributed by atoms with Crippen molar-refractivity contribution in [3.8, 4) is 5.75 Å². The maximum atomic E-state index is 5.69. The first-order valence-electron chi connectivity index (χ1n) is 7.33. The highest BCUT2D eigenvalue weighted by atomic mass is 127. The lowest BCUT2D eigenvalue weighted by atomic mass is 10.1. The predicted octanol–water partition coefficient (Wildman–Crippen LogP) is 3.09. The van der Waals surface area contributed by atoms with E-state index in [2.05, 4.69) is 47.7 Å². The summed E-state index contributed by atoms with van der Waals surface area (Å²) in [5, 5.41) is 6.78. The Hall–Kier alpha value is -0.980. The maximum absolute atomic E-state index is 5.69. The number of hydrogen-bond acceptors (Lipinski definition) is 2. The van der Waals surface area contributed by atoms with E-state index >= 15 is 0 Å². The van der Waals surface area contributed by atoms with Gasteiger partial charge in [0, 0.05) is 25.2 Å². The fourth-order valence-electron chi connectivity index (χ4n) is 2.17. The van der Waals surface area contributed by atoms with Gasteiger partial charge in [-0.25, -0.2) is 0 Å². The Morgan fingerprint density at radius 3 is 2.71 bits per heavy atom. The van der Waals surface area contributed by atoms with Gasteiger partial charge in [0.15, 0.2) is 5.96 Å². The van der Waals surface area contributed by atoms with Crippen LogP contribution in [0.25, 0.3) is 0 Å². The fourth-order valence-corrected chi connectivity index (χ4v) is 2.17. The summed E-state index contributed by atoms with van der Waals surface area (Å²) in [7, 11) is 1.81. The molecular formula is C16H26IN3O. The molecule has 4 nitrogen and oxygen atoms in total. The van der Waals surface area contributed by atoms with E-state index in [-0.39, 0.29) is 24.0 Å². The molecule has 0 amide bonds. The van der Waals surface area contributed by atoms with Crippen LogP contribution in [0.1, 0.15) is 31.4 Å². The zero-order valence-corrected chi connectivity index (χ0v) is 15.6. The molecule has 0 saturated heterocycles. The quantitative estimate of drug-likeness (QED) is 0.451. The van der Waals surface area contributed by atoms with E-state index in [1.807, 2.05) is 6.92 Å². The van der Waals surface area contributed by atoms with E-state index < -0.39 is 0 Å². The zero-order chi connectivity index (χ0) is 14.5. The number of nitrogens with one attached hydrogen (secondary N) is 2. The van der Waals surface area contributed by atoms with Gasteiger partial charge in [0.1, 0.15) is 5.75 Å². The van der Waals surface area contributed by atoms with Gasteiger partial charge in [-0.3, -0.25) is 4.99 Å². The molecule has 0 spiro atoms. The summed E-state index contributed by atoms with van der Waals surface area (Å²) in [4.78, 5) is 4.26. The van der Waals surface area contributed by atoms with Gasteiger partial charge in [-0.05, 0) is 37.8 Å². The second kappa shape index (κ2) is 8.46. The number of guanidine groups is 1. The topological polar surface area (TPSA) is 45.6 Å². The Labute approximate surface area is 144 Å². The normalized spacial score (nSPS) is 20.5. The van der Waals surface area contributed by atoms with Crippen molar-refractivity contribution in [2.75, 3.05) is 13.7 Å². The minimum absolute atomic E-state index is 0. The molecule has 1 saturated carbocycles. The second-order valence-electron chi connectivity index (χ2n) is 5.43. The van der Waals surface area contributed by atoms with Gasteiger partial charge in [0.2, 0.25) is 0 Å². The summed E-state index contributed by atoms with van der Waals surface area (Å²) in [5.74, 6) is 2.57. The van der Waals surface area contributed by atoms with Crippen LogP contribution < -0.4 is 15.4 Å². The van der Waals surface area contributed by atoms with E-state index in [1.54, 1.807) is 7.05 Å². The molecule has 2 atom stereocenters. The van der Waals surface area contributed by atoms with Crippen molar-refractivity contribution in [3.05, 3.63) is 29.3 Å². The highest BCUT2D eigenvalue weighted by Crippen LogP contribution is 2.28. The third-order valence-electron chi connectivity index (χ3n) is 3.62. The van der Waals surface area contributed by atoms with Crippen molar-refractivity contribution in [3.63, 3.8) is 0 Å². The molecule has 0 aromatic heterocycles. The van der Waals surface area contributed by atoms with Crippen LogP contribution in [0.2, 0.25) is 0 Å². The van der Waals surface area contributed by atoms with Crippen LogP contribution in [0, 0.1) is 12.8 Å². The fraction of sp³-hybridized carbons (Fsp3) is 0.562. The third-order valence-corrected chi connectivity index (χ3v) is 3.62. The average Bonchev–Trinajstić information content (AvgIpc) is 3.12. The maximum Gasteiger partial charge on any atom is 0.191 e. The van der Waals surface area contributed by atoms with Crippen molar-refractivity contribution in [2.45, 2.75) is 39.8 Å². The Morgan fingerprint density at radius 2 is 2.14 bits per heavy atom. The molecule has 0 radical (unpaired) electrons. The Bertz CT molecular complexity index is 490. The number of hydrogen-bond donors (Lipinski definition) is 2. The van der Waals surface area contributed by atoms with Crippen LogP contribution in [0.3, 0.4) is 0 Å². The molecule has 21 heavy (non-hydrogen) atoms. The SMILES string of the molecule is CCOc1cc(C)ccc1CNC(=NC)NC1CC1C.I. The molecule has 1 aliphatic rings. The lowest BCUT2D eigenvalue weighted by Crippen LogP contribution is -2.38. The predicted molar refractivity (Wildman–Crippen MR) is 98.7 cm³/mol. The molecule has 1 aromatic rings.